The lowest BCUT2D eigenvalue weighted by Crippen LogP contribution is -2.62. The molecule has 0 saturated carbocycles. The summed E-state index contributed by atoms with van der Waals surface area (Å²) in [7, 11) is 0. The molecular formula is C32H52N2O6. The highest BCUT2D eigenvalue weighted by molar-refractivity contribution is 5.99. The molecule has 0 aliphatic carbocycles. The number of fused-ring (bicyclic) bond motifs is 1. The molecule has 3 saturated heterocycles. The lowest BCUT2D eigenvalue weighted by molar-refractivity contribution is -0.164. The molecule has 0 aromatic rings. The number of hydrogen-bond donors (Lipinski definition) is 1. The lowest BCUT2D eigenvalue weighted by Gasteiger charge is -2.46. The molecule has 40 heavy (non-hydrogen) atoms. The Morgan fingerprint density at radius 2 is 1.88 bits per heavy atom. The molecule has 0 radical (unpaired) electrons. The van der Waals surface area contributed by atoms with Gasteiger partial charge in [0.1, 0.15) is 17.6 Å². The van der Waals surface area contributed by atoms with E-state index in [4.69, 9.17) is 9.47 Å². The SMILES string of the molecule is C=CCCCCOC(=O)[C@H]1[C@H]2C(=O)N([C@H](C)CO)C(C(=O)N(CC=C)C(C)(C)CC(C)(C)C)C23CC(C)[C@]1(C)O3. The van der Waals surface area contributed by atoms with E-state index >= 15 is 0 Å². The van der Waals surface area contributed by atoms with Gasteiger partial charge in [-0.15, -0.1) is 13.2 Å². The van der Waals surface area contributed by atoms with Gasteiger partial charge in [0, 0.05) is 12.1 Å². The van der Waals surface area contributed by atoms with Gasteiger partial charge in [-0.1, -0.05) is 39.8 Å². The van der Waals surface area contributed by atoms with Crippen LogP contribution < -0.4 is 0 Å². The van der Waals surface area contributed by atoms with E-state index in [1.807, 2.05) is 33.8 Å². The predicted octanol–water partition coefficient (Wildman–Crippen LogP) is 4.51. The van der Waals surface area contributed by atoms with Crippen LogP contribution in [0.4, 0.5) is 0 Å². The molecule has 8 nitrogen and oxygen atoms in total. The van der Waals surface area contributed by atoms with Gasteiger partial charge in [-0.2, -0.15) is 0 Å². The molecule has 3 heterocycles. The molecule has 1 spiro atoms. The Morgan fingerprint density at radius 1 is 1.23 bits per heavy atom. The molecule has 2 amide bonds. The van der Waals surface area contributed by atoms with Crippen LogP contribution >= 0.6 is 0 Å². The second-order valence-corrected chi connectivity index (χ2v) is 14.2. The zero-order valence-corrected chi connectivity index (χ0v) is 26.0. The molecule has 0 aromatic heterocycles. The first kappa shape index (κ1) is 32.3. The summed E-state index contributed by atoms with van der Waals surface area (Å²) in [5.41, 5.74) is -2.73. The molecule has 3 aliphatic heterocycles. The van der Waals surface area contributed by atoms with E-state index in [2.05, 4.69) is 33.9 Å². The maximum absolute atomic E-state index is 14.7. The number of rotatable bonds is 13. The van der Waals surface area contributed by atoms with Crippen molar-refractivity contribution in [2.45, 2.75) is 116 Å². The van der Waals surface area contributed by atoms with E-state index < -0.39 is 46.6 Å². The fourth-order valence-electron chi connectivity index (χ4n) is 7.84. The van der Waals surface area contributed by atoms with Gasteiger partial charge in [-0.25, -0.2) is 0 Å². The first-order chi connectivity index (χ1) is 18.5. The van der Waals surface area contributed by atoms with Crippen molar-refractivity contribution in [3.63, 3.8) is 0 Å². The van der Waals surface area contributed by atoms with Crippen molar-refractivity contribution in [2.24, 2.45) is 23.2 Å². The average Bonchev–Trinajstić information content (AvgIpc) is 3.36. The van der Waals surface area contributed by atoms with Crippen molar-refractivity contribution < 1.29 is 29.0 Å². The van der Waals surface area contributed by atoms with Gasteiger partial charge >= 0.3 is 5.97 Å². The zero-order chi connectivity index (χ0) is 30.3. The number of ether oxygens (including phenoxy) is 2. The van der Waals surface area contributed by atoms with Gasteiger partial charge in [0.2, 0.25) is 11.8 Å². The number of allylic oxidation sites excluding steroid dienone is 1. The molecule has 8 heteroatoms. The van der Waals surface area contributed by atoms with E-state index in [0.717, 1.165) is 19.3 Å². The summed E-state index contributed by atoms with van der Waals surface area (Å²) in [4.78, 5) is 45.9. The highest BCUT2D eigenvalue weighted by Gasteiger charge is 2.80. The predicted molar refractivity (Wildman–Crippen MR) is 155 cm³/mol. The van der Waals surface area contributed by atoms with Gasteiger partial charge in [0.25, 0.3) is 0 Å². The second-order valence-electron chi connectivity index (χ2n) is 14.2. The van der Waals surface area contributed by atoms with E-state index in [0.29, 0.717) is 19.4 Å². The van der Waals surface area contributed by atoms with Crippen LogP contribution in [0.15, 0.2) is 25.3 Å². The maximum atomic E-state index is 14.7. The summed E-state index contributed by atoms with van der Waals surface area (Å²) in [6.07, 6.45) is 7.14. The largest absolute Gasteiger partial charge is 0.465 e. The summed E-state index contributed by atoms with van der Waals surface area (Å²) in [5, 5.41) is 10.2. The number of likely N-dealkylation sites (tertiary alicyclic amines) is 1. The Morgan fingerprint density at radius 3 is 2.42 bits per heavy atom. The van der Waals surface area contributed by atoms with Crippen LogP contribution in [0.25, 0.3) is 0 Å². The summed E-state index contributed by atoms with van der Waals surface area (Å²) in [6.45, 7) is 24.0. The van der Waals surface area contributed by atoms with Gasteiger partial charge < -0.3 is 24.4 Å². The van der Waals surface area contributed by atoms with Gasteiger partial charge in [-0.3, -0.25) is 14.4 Å². The van der Waals surface area contributed by atoms with Gasteiger partial charge in [0.15, 0.2) is 0 Å². The summed E-state index contributed by atoms with van der Waals surface area (Å²) < 4.78 is 12.5. The van der Waals surface area contributed by atoms with Gasteiger partial charge in [-0.05, 0) is 71.1 Å². The Labute approximate surface area is 241 Å². The average molecular weight is 561 g/mol. The van der Waals surface area contributed by atoms with Crippen molar-refractivity contribution in [1.29, 1.82) is 0 Å². The highest BCUT2D eigenvalue weighted by Crippen LogP contribution is 2.65. The number of carbonyl (C=O) groups excluding carboxylic acids is 3. The van der Waals surface area contributed by atoms with Crippen LogP contribution in [-0.2, 0) is 23.9 Å². The third kappa shape index (κ3) is 5.50. The lowest BCUT2D eigenvalue weighted by atomic mass is 9.62. The van der Waals surface area contributed by atoms with Crippen LogP contribution in [0.3, 0.4) is 0 Å². The van der Waals surface area contributed by atoms with Crippen molar-refractivity contribution in [3.05, 3.63) is 25.3 Å². The topological polar surface area (TPSA) is 96.4 Å². The Kier molecular flexibility index (Phi) is 9.37. The Bertz CT molecular complexity index is 1000. The molecule has 1 N–H and O–H groups in total. The number of unbranched alkanes of at least 4 members (excludes halogenated alkanes) is 2. The third-order valence-corrected chi connectivity index (χ3v) is 9.30. The molecule has 0 aromatic carbocycles. The van der Waals surface area contributed by atoms with Gasteiger partial charge in [0.05, 0.1) is 30.8 Å². The summed E-state index contributed by atoms with van der Waals surface area (Å²) >= 11 is 0. The molecule has 3 unspecified atom stereocenters. The summed E-state index contributed by atoms with van der Waals surface area (Å²) in [5.74, 6) is -2.77. The summed E-state index contributed by atoms with van der Waals surface area (Å²) in [6, 6.07) is -1.60. The number of amides is 2. The minimum absolute atomic E-state index is 0.0571. The number of nitrogens with zero attached hydrogens (tertiary/aromatic N) is 2. The first-order valence-corrected chi connectivity index (χ1v) is 14.9. The van der Waals surface area contributed by atoms with E-state index in [1.165, 1.54) is 4.90 Å². The molecule has 3 aliphatic rings. The molecule has 3 rings (SSSR count). The molecule has 226 valence electrons. The fourth-order valence-corrected chi connectivity index (χ4v) is 7.84. The second kappa shape index (κ2) is 11.6. The number of carbonyl (C=O) groups is 3. The molecule has 7 atom stereocenters. The monoisotopic (exact) mass is 560 g/mol. The molecule has 2 bridgehead atoms. The highest BCUT2D eigenvalue weighted by atomic mass is 16.6. The fraction of sp³-hybridized carbons (Fsp3) is 0.781. The normalized spacial score (nSPS) is 32.1. The smallest absolute Gasteiger partial charge is 0.312 e. The zero-order valence-electron chi connectivity index (χ0n) is 26.0. The molecule has 3 fully saturated rings. The van der Waals surface area contributed by atoms with Crippen LogP contribution in [0.5, 0.6) is 0 Å². The quantitative estimate of drug-likeness (QED) is 0.202. The Hall–Kier alpha value is -2.19. The number of aliphatic hydroxyl groups is 1. The van der Waals surface area contributed by atoms with Crippen molar-refractivity contribution in [2.75, 3.05) is 19.8 Å². The maximum Gasteiger partial charge on any atom is 0.312 e. The van der Waals surface area contributed by atoms with Crippen LogP contribution in [-0.4, -0.2) is 81.3 Å². The number of aliphatic hydroxyl groups excluding tert-OH is 1. The minimum Gasteiger partial charge on any atom is -0.465 e. The number of esters is 1. The Balaban J connectivity index is 2.07. The minimum atomic E-state index is -1.18. The number of hydrogen-bond acceptors (Lipinski definition) is 6. The van der Waals surface area contributed by atoms with E-state index in [1.54, 1.807) is 17.9 Å². The van der Waals surface area contributed by atoms with Crippen molar-refractivity contribution >= 4 is 17.8 Å². The van der Waals surface area contributed by atoms with Crippen LogP contribution in [0.1, 0.15) is 87.5 Å². The van der Waals surface area contributed by atoms with Crippen molar-refractivity contribution in [1.82, 2.24) is 9.80 Å². The third-order valence-electron chi connectivity index (χ3n) is 9.30. The standard InChI is InChI=1S/C32H52N2O6/c1-11-13-14-15-17-39-28(38)24-23-26(36)34(22(4)19-35)25(32(23)18-21(3)31(24,10)40-32)27(37)33(16-12-2)30(8,9)20-29(5,6)7/h11-12,21-25,35H,1-2,13-20H2,3-10H3/t21?,22-,23+,24-,25?,31+,32?/m1/s1. The van der Waals surface area contributed by atoms with Crippen LogP contribution in [0, 0.1) is 23.2 Å². The van der Waals surface area contributed by atoms with Crippen LogP contribution in [0.2, 0.25) is 0 Å². The van der Waals surface area contributed by atoms with E-state index in [9.17, 15) is 19.5 Å². The first-order valence-electron chi connectivity index (χ1n) is 14.9. The van der Waals surface area contributed by atoms with E-state index in [-0.39, 0.29) is 36.4 Å². The van der Waals surface area contributed by atoms with Crippen molar-refractivity contribution in [3.8, 4) is 0 Å². The molecular weight excluding hydrogens is 508 g/mol.